The minimum absolute atomic E-state index is 0.0350. The third-order valence-corrected chi connectivity index (χ3v) is 1.34. The molecule has 1 amide bonds. The molecule has 5 nitrogen and oxygen atoms in total. The summed E-state index contributed by atoms with van der Waals surface area (Å²) in [6.45, 7) is -0.463. The lowest BCUT2D eigenvalue weighted by atomic mass is 10.4. The first kappa shape index (κ1) is 10.5. The molecule has 0 aromatic carbocycles. The van der Waals surface area contributed by atoms with Crippen molar-refractivity contribution >= 4 is 5.91 Å². The third-order valence-electron chi connectivity index (χ3n) is 1.34. The molecule has 0 aliphatic carbocycles. The second-order valence-corrected chi connectivity index (χ2v) is 2.48. The normalized spacial score (nSPS) is 11.4. The van der Waals surface area contributed by atoms with Gasteiger partial charge in [-0.15, -0.1) is 0 Å². The molecule has 78 valence electrons. The van der Waals surface area contributed by atoms with Gasteiger partial charge in [0.2, 0.25) is 0 Å². The van der Waals surface area contributed by atoms with Gasteiger partial charge in [-0.25, -0.2) is 0 Å². The van der Waals surface area contributed by atoms with Crippen molar-refractivity contribution in [2.75, 3.05) is 6.54 Å². The SMILES string of the molecule is O=C(NCCC(F)(F)F)c1cn[nH]n1. The van der Waals surface area contributed by atoms with Crippen LogP contribution in [0.15, 0.2) is 6.20 Å². The second-order valence-electron chi connectivity index (χ2n) is 2.48. The van der Waals surface area contributed by atoms with Crippen LogP contribution in [0.1, 0.15) is 16.9 Å². The molecule has 8 heteroatoms. The van der Waals surface area contributed by atoms with Crippen molar-refractivity contribution in [3.63, 3.8) is 0 Å². The van der Waals surface area contributed by atoms with Crippen molar-refractivity contribution in [2.24, 2.45) is 0 Å². The van der Waals surface area contributed by atoms with E-state index >= 15 is 0 Å². The van der Waals surface area contributed by atoms with Crippen molar-refractivity contribution in [3.05, 3.63) is 11.9 Å². The summed E-state index contributed by atoms with van der Waals surface area (Å²) in [6, 6.07) is 0. The Hall–Kier alpha value is -1.60. The zero-order chi connectivity index (χ0) is 10.6. The van der Waals surface area contributed by atoms with Gasteiger partial charge in [0.05, 0.1) is 12.6 Å². The van der Waals surface area contributed by atoms with Gasteiger partial charge >= 0.3 is 6.18 Å². The molecule has 2 N–H and O–H groups in total. The van der Waals surface area contributed by atoms with Gasteiger partial charge in [0.25, 0.3) is 5.91 Å². The van der Waals surface area contributed by atoms with Crippen LogP contribution in [0.4, 0.5) is 13.2 Å². The van der Waals surface area contributed by atoms with Gasteiger partial charge in [0.1, 0.15) is 0 Å². The van der Waals surface area contributed by atoms with Crippen molar-refractivity contribution in [3.8, 4) is 0 Å². The van der Waals surface area contributed by atoms with E-state index in [2.05, 4.69) is 20.7 Å². The van der Waals surface area contributed by atoms with Crippen molar-refractivity contribution in [2.45, 2.75) is 12.6 Å². The third kappa shape index (κ3) is 3.42. The minimum atomic E-state index is -4.27. The highest BCUT2D eigenvalue weighted by Gasteiger charge is 2.26. The average molecular weight is 208 g/mol. The fourth-order valence-corrected chi connectivity index (χ4v) is 0.719. The van der Waals surface area contributed by atoms with Crippen molar-refractivity contribution < 1.29 is 18.0 Å². The Morgan fingerprint density at radius 2 is 2.29 bits per heavy atom. The molecular formula is C6H7F3N4O. The summed E-state index contributed by atoms with van der Waals surface area (Å²) < 4.78 is 35.0. The Morgan fingerprint density at radius 3 is 2.79 bits per heavy atom. The quantitative estimate of drug-likeness (QED) is 0.759. The maximum Gasteiger partial charge on any atom is 0.390 e. The van der Waals surface area contributed by atoms with Crippen molar-refractivity contribution in [1.29, 1.82) is 0 Å². The number of nitrogens with one attached hydrogen (secondary N) is 2. The number of halogens is 3. The van der Waals surface area contributed by atoms with Crippen molar-refractivity contribution in [1.82, 2.24) is 20.7 Å². The summed E-state index contributed by atoms with van der Waals surface area (Å²) in [5.41, 5.74) is -0.0350. The molecule has 14 heavy (non-hydrogen) atoms. The van der Waals surface area contributed by atoms with Crippen LogP contribution < -0.4 is 5.32 Å². The van der Waals surface area contributed by atoms with E-state index in [4.69, 9.17) is 0 Å². The smallest absolute Gasteiger partial charge is 0.350 e. The molecule has 0 bridgehead atoms. The van der Waals surface area contributed by atoms with Crippen LogP contribution in [-0.4, -0.2) is 34.0 Å². The molecule has 0 saturated carbocycles. The Balaban J connectivity index is 2.30. The maximum atomic E-state index is 11.7. The highest BCUT2D eigenvalue weighted by atomic mass is 19.4. The number of hydrogen-bond donors (Lipinski definition) is 2. The lowest BCUT2D eigenvalue weighted by Crippen LogP contribution is -2.28. The molecule has 1 aromatic heterocycles. The van der Waals surface area contributed by atoms with Crippen LogP contribution in [-0.2, 0) is 0 Å². The van der Waals surface area contributed by atoms with Crippen LogP contribution in [0.2, 0.25) is 0 Å². The van der Waals surface area contributed by atoms with E-state index < -0.39 is 25.0 Å². The van der Waals surface area contributed by atoms with Crippen LogP contribution in [0.5, 0.6) is 0 Å². The summed E-state index contributed by atoms with van der Waals surface area (Å²) in [7, 11) is 0. The first-order valence-corrected chi connectivity index (χ1v) is 3.70. The molecule has 0 fully saturated rings. The van der Waals surface area contributed by atoms with E-state index in [0.29, 0.717) is 0 Å². The molecule has 1 rings (SSSR count). The molecule has 0 unspecified atom stereocenters. The number of alkyl halides is 3. The maximum absolute atomic E-state index is 11.7. The largest absolute Gasteiger partial charge is 0.390 e. The van der Waals surface area contributed by atoms with E-state index in [1.807, 2.05) is 0 Å². The zero-order valence-electron chi connectivity index (χ0n) is 6.93. The highest BCUT2D eigenvalue weighted by molar-refractivity contribution is 5.91. The fourth-order valence-electron chi connectivity index (χ4n) is 0.719. The predicted molar refractivity (Wildman–Crippen MR) is 39.4 cm³/mol. The van der Waals surface area contributed by atoms with E-state index in [9.17, 15) is 18.0 Å². The predicted octanol–water partition coefficient (Wildman–Crippen LogP) is 0.487. The Labute approximate surface area is 76.7 Å². The van der Waals surface area contributed by atoms with Gasteiger partial charge in [0, 0.05) is 6.54 Å². The fraction of sp³-hybridized carbons (Fsp3) is 0.500. The molecule has 0 aliphatic heterocycles. The van der Waals surface area contributed by atoms with Gasteiger partial charge in [-0.2, -0.15) is 28.6 Å². The van der Waals surface area contributed by atoms with Crippen LogP contribution in [0.25, 0.3) is 0 Å². The molecule has 0 saturated heterocycles. The summed E-state index contributed by atoms with van der Waals surface area (Å²) in [6.07, 6.45) is -4.20. The number of carbonyl (C=O) groups excluding carboxylic acids is 1. The minimum Gasteiger partial charge on any atom is -0.350 e. The van der Waals surface area contributed by atoms with Gasteiger partial charge < -0.3 is 5.32 Å². The monoisotopic (exact) mass is 208 g/mol. The number of carbonyl (C=O) groups is 1. The molecule has 0 atom stereocenters. The molecule has 0 aliphatic rings. The Kier molecular flexibility index (Phi) is 3.05. The topological polar surface area (TPSA) is 70.7 Å². The second kappa shape index (κ2) is 4.07. The zero-order valence-corrected chi connectivity index (χ0v) is 6.93. The Morgan fingerprint density at radius 1 is 1.57 bits per heavy atom. The van der Waals surface area contributed by atoms with E-state index in [0.717, 1.165) is 6.20 Å². The lowest BCUT2D eigenvalue weighted by molar-refractivity contribution is -0.132. The standard InChI is InChI=1S/C6H7F3N4O/c7-6(8,9)1-2-10-5(14)4-3-11-13-12-4/h3H,1-2H2,(H,10,14)(H,11,12,13). The lowest BCUT2D eigenvalue weighted by Gasteiger charge is -2.05. The number of nitrogens with zero attached hydrogens (tertiary/aromatic N) is 2. The summed E-state index contributed by atoms with van der Waals surface area (Å²) >= 11 is 0. The van der Waals surface area contributed by atoms with Crippen LogP contribution in [0, 0.1) is 0 Å². The number of H-pyrrole nitrogens is 1. The van der Waals surface area contributed by atoms with Gasteiger partial charge in [-0.1, -0.05) is 0 Å². The van der Waals surface area contributed by atoms with Gasteiger partial charge in [-0.3, -0.25) is 4.79 Å². The van der Waals surface area contributed by atoms with E-state index in [-0.39, 0.29) is 5.69 Å². The summed E-state index contributed by atoms with van der Waals surface area (Å²) in [5.74, 6) is -0.678. The molecule has 1 aromatic rings. The van der Waals surface area contributed by atoms with Gasteiger partial charge in [-0.05, 0) is 0 Å². The first-order valence-electron chi connectivity index (χ1n) is 3.70. The summed E-state index contributed by atoms with van der Waals surface area (Å²) in [5, 5.41) is 11.0. The first-order chi connectivity index (χ1) is 6.49. The number of aromatic amines is 1. The van der Waals surface area contributed by atoms with Crippen LogP contribution >= 0.6 is 0 Å². The van der Waals surface area contributed by atoms with Gasteiger partial charge in [0.15, 0.2) is 5.69 Å². The Bertz CT molecular complexity index is 295. The summed E-state index contributed by atoms with van der Waals surface area (Å²) in [4.78, 5) is 11.0. The molecule has 1 heterocycles. The molecule has 0 spiro atoms. The average Bonchev–Trinajstić information content (AvgIpc) is 2.53. The number of amides is 1. The number of hydrogen-bond acceptors (Lipinski definition) is 3. The number of aromatic nitrogens is 3. The van der Waals surface area contributed by atoms with E-state index in [1.165, 1.54) is 0 Å². The van der Waals surface area contributed by atoms with Crippen LogP contribution in [0.3, 0.4) is 0 Å². The highest BCUT2D eigenvalue weighted by Crippen LogP contribution is 2.18. The molecular weight excluding hydrogens is 201 g/mol. The van der Waals surface area contributed by atoms with E-state index in [1.54, 1.807) is 0 Å². The molecule has 0 radical (unpaired) electrons. The number of rotatable bonds is 3.